The number of likely N-dealkylation sites (tertiary alicyclic amines) is 1. The van der Waals surface area contributed by atoms with Crippen molar-refractivity contribution in [2.45, 2.75) is 6.54 Å². The average Bonchev–Trinajstić information content (AvgIpc) is 3.49. The van der Waals surface area contributed by atoms with Crippen molar-refractivity contribution in [2.75, 3.05) is 52.9 Å². The smallest absolute Gasteiger partial charge is 0.292 e. The molecule has 1 aromatic heterocycles. The second-order valence-corrected chi connectivity index (χ2v) is 9.44. The molecule has 0 aliphatic carbocycles. The van der Waals surface area contributed by atoms with Gasteiger partial charge in [-0.05, 0) is 17.7 Å². The van der Waals surface area contributed by atoms with E-state index in [1.54, 1.807) is 30.1 Å². The Bertz CT molecular complexity index is 1120. The molecule has 10 nitrogen and oxygen atoms in total. The van der Waals surface area contributed by atoms with Crippen LogP contribution >= 0.6 is 23.2 Å². The molecule has 1 unspecified atom stereocenters. The molecule has 0 radical (unpaired) electrons. The molecular formula is C23H25Cl2N5O5. The first-order valence-corrected chi connectivity index (χ1v) is 11.9. The number of piperazine rings is 1. The Morgan fingerprint density at radius 2 is 1.83 bits per heavy atom. The van der Waals surface area contributed by atoms with Crippen LogP contribution in [0.15, 0.2) is 35.0 Å². The maximum atomic E-state index is 12.9. The van der Waals surface area contributed by atoms with Crippen LogP contribution < -0.4 is 0 Å². The number of halogens is 2. The van der Waals surface area contributed by atoms with Crippen LogP contribution in [-0.4, -0.2) is 101 Å². The van der Waals surface area contributed by atoms with Gasteiger partial charge in [0, 0.05) is 65.5 Å². The van der Waals surface area contributed by atoms with Crippen molar-refractivity contribution >= 4 is 46.7 Å². The van der Waals surface area contributed by atoms with Gasteiger partial charge in [-0.1, -0.05) is 34.4 Å². The first-order chi connectivity index (χ1) is 16.7. The van der Waals surface area contributed by atoms with Crippen LogP contribution in [0.25, 0.3) is 0 Å². The summed E-state index contributed by atoms with van der Waals surface area (Å²) in [5.74, 6) is -2.74. The SMILES string of the molecule is CN(Cc1ccc(Cl)c(Cl)c1)C(=O)C1CN(CCN2CCN(C(=O)c3ccno3)CC2)C(=O)C1=O. The van der Waals surface area contributed by atoms with Gasteiger partial charge in [0.25, 0.3) is 11.8 Å². The van der Waals surface area contributed by atoms with Gasteiger partial charge in [-0.15, -0.1) is 0 Å². The summed E-state index contributed by atoms with van der Waals surface area (Å²) in [5.41, 5.74) is 0.768. The Morgan fingerprint density at radius 3 is 2.49 bits per heavy atom. The molecule has 12 heteroatoms. The Hall–Kier alpha value is -2.95. The van der Waals surface area contributed by atoms with Gasteiger partial charge in [-0.3, -0.25) is 24.1 Å². The van der Waals surface area contributed by atoms with Gasteiger partial charge in [-0.2, -0.15) is 0 Å². The molecule has 2 fully saturated rings. The van der Waals surface area contributed by atoms with Crippen molar-refractivity contribution in [1.29, 1.82) is 0 Å². The molecule has 0 N–H and O–H groups in total. The van der Waals surface area contributed by atoms with Crippen molar-refractivity contribution < 1.29 is 23.7 Å². The fourth-order valence-corrected chi connectivity index (χ4v) is 4.57. The first-order valence-electron chi connectivity index (χ1n) is 11.2. The number of benzene rings is 1. The minimum absolute atomic E-state index is 0.0617. The third kappa shape index (κ3) is 5.66. The summed E-state index contributed by atoms with van der Waals surface area (Å²) < 4.78 is 4.93. The standard InChI is InChI=1S/C23H25Cl2N5O5/c1-27(13-15-2-3-17(24)18(25)12-15)21(32)16-14-30(23(34)20(16)31)11-8-28-6-9-29(10-7-28)22(33)19-4-5-26-35-19/h2-5,12,16H,6-11,13-14H2,1H3. The zero-order chi connectivity index (χ0) is 25.1. The molecule has 2 saturated heterocycles. The lowest BCUT2D eigenvalue weighted by atomic mass is 10.1. The maximum Gasteiger partial charge on any atom is 0.292 e. The van der Waals surface area contributed by atoms with Crippen LogP contribution in [0.4, 0.5) is 0 Å². The summed E-state index contributed by atoms with van der Waals surface area (Å²) in [5, 5.41) is 4.36. The number of hydrogen-bond acceptors (Lipinski definition) is 7. The van der Waals surface area contributed by atoms with Gasteiger partial charge in [0.05, 0.1) is 16.2 Å². The maximum absolute atomic E-state index is 12.9. The third-order valence-electron chi connectivity index (χ3n) is 6.29. The van der Waals surface area contributed by atoms with Crippen molar-refractivity contribution in [2.24, 2.45) is 5.92 Å². The third-order valence-corrected chi connectivity index (χ3v) is 7.03. The van der Waals surface area contributed by atoms with Crippen LogP contribution in [0, 0.1) is 5.92 Å². The summed E-state index contributed by atoms with van der Waals surface area (Å²) >= 11 is 12.0. The molecule has 2 aliphatic heterocycles. The number of hydrogen-bond donors (Lipinski definition) is 0. The molecule has 0 saturated carbocycles. The minimum Gasteiger partial charge on any atom is -0.351 e. The van der Waals surface area contributed by atoms with E-state index in [9.17, 15) is 19.2 Å². The van der Waals surface area contributed by atoms with Gasteiger partial charge >= 0.3 is 0 Å². The molecule has 35 heavy (non-hydrogen) atoms. The molecular weight excluding hydrogens is 497 g/mol. The highest BCUT2D eigenvalue weighted by molar-refractivity contribution is 6.42. The van der Waals surface area contributed by atoms with Crippen molar-refractivity contribution in [3.63, 3.8) is 0 Å². The predicted octanol–water partition coefficient (Wildman–Crippen LogP) is 1.43. The Labute approximate surface area is 212 Å². The van der Waals surface area contributed by atoms with E-state index in [0.29, 0.717) is 49.3 Å². The van der Waals surface area contributed by atoms with Crippen LogP contribution in [0.2, 0.25) is 10.0 Å². The number of nitrogens with zero attached hydrogens (tertiary/aromatic N) is 5. The predicted molar refractivity (Wildman–Crippen MR) is 127 cm³/mol. The summed E-state index contributed by atoms with van der Waals surface area (Å²) in [6.45, 7) is 3.48. The topological polar surface area (TPSA) is 107 Å². The molecule has 1 atom stereocenters. The van der Waals surface area contributed by atoms with Crippen molar-refractivity contribution in [1.82, 2.24) is 24.8 Å². The molecule has 0 spiro atoms. The molecule has 2 aliphatic rings. The molecule has 0 bridgehead atoms. The monoisotopic (exact) mass is 521 g/mol. The molecule has 186 valence electrons. The van der Waals surface area contributed by atoms with E-state index in [1.807, 2.05) is 0 Å². The molecule has 3 amide bonds. The molecule has 3 heterocycles. The second kappa shape index (κ2) is 10.8. The quantitative estimate of drug-likeness (QED) is 0.400. The number of Topliss-reactive ketones (excluding diaryl/α,β-unsaturated/α-hetero) is 1. The number of rotatable bonds is 7. The van der Waals surface area contributed by atoms with Crippen LogP contribution in [0.1, 0.15) is 16.1 Å². The Balaban J connectivity index is 1.26. The van der Waals surface area contributed by atoms with Gasteiger partial charge in [-0.25, -0.2) is 0 Å². The number of aromatic nitrogens is 1. The molecule has 1 aromatic carbocycles. The van der Waals surface area contributed by atoms with Gasteiger partial charge < -0.3 is 19.2 Å². The zero-order valence-electron chi connectivity index (χ0n) is 19.2. The largest absolute Gasteiger partial charge is 0.351 e. The Kier molecular flexibility index (Phi) is 7.73. The van der Waals surface area contributed by atoms with E-state index in [1.165, 1.54) is 22.1 Å². The van der Waals surface area contributed by atoms with Gasteiger partial charge in [0.1, 0.15) is 5.92 Å². The van der Waals surface area contributed by atoms with Crippen LogP contribution in [-0.2, 0) is 20.9 Å². The number of carbonyl (C=O) groups excluding carboxylic acids is 4. The van der Waals surface area contributed by atoms with Gasteiger partial charge in [0.15, 0.2) is 0 Å². The summed E-state index contributed by atoms with van der Waals surface area (Å²) in [6.07, 6.45) is 1.43. The lowest BCUT2D eigenvalue weighted by Crippen LogP contribution is -2.50. The lowest BCUT2D eigenvalue weighted by Gasteiger charge is -2.34. The van der Waals surface area contributed by atoms with Gasteiger partial charge in [0.2, 0.25) is 17.5 Å². The van der Waals surface area contributed by atoms with Crippen molar-refractivity contribution in [3.05, 3.63) is 51.8 Å². The highest BCUT2D eigenvalue weighted by atomic mass is 35.5. The number of amides is 3. The summed E-state index contributed by atoms with van der Waals surface area (Å²) in [6, 6.07) is 6.60. The van der Waals surface area contributed by atoms with Crippen LogP contribution in [0.5, 0.6) is 0 Å². The van der Waals surface area contributed by atoms with Crippen LogP contribution in [0.3, 0.4) is 0 Å². The van der Waals surface area contributed by atoms with Crippen molar-refractivity contribution in [3.8, 4) is 0 Å². The fraction of sp³-hybridized carbons (Fsp3) is 0.435. The fourth-order valence-electron chi connectivity index (χ4n) is 4.25. The zero-order valence-corrected chi connectivity index (χ0v) is 20.7. The second-order valence-electron chi connectivity index (χ2n) is 8.62. The molecule has 4 rings (SSSR count). The van der Waals surface area contributed by atoms with E-state index in [-0.39, 0.29) is 24.8 Å². The highest BCUT2D eigenvalue weighted by Crippen LogP contribution is 2.24. The number of ketones is 1. The highest BCUT2D eigenvalue weighted by Gasteiger charge is 2.44. The normalized spacial score (nSPS) is 18.9. The average molecular weight is 522 g/mol. The van der Waals surface area contributed by atoms with E-state index in [4.69, 9.17) is 27.7 Å². The minimum atomic E-state index is -1.02. The van der Waals surface area contributed by atoms with E-state index < -0.39 is 23.5 Å². The Morgan fingerprint density at radius 1 is 1.09 bits per heavy atom. The summed E-state index contributed by atoms with van der Waals surface area (Å²) in [4.78, 5) is 57.0. The van der Waals surface area contributed by atoms with E-state index >= 15 is 0 Å². The summed E-state index contributed by atoms with van der Waals surface area (Å²) in [7, 11) is 1.59. The van der Waals surface area contributed by atoms with E-state index in [2.05, 4.69) is 10.1 Å². The number of carbonyl (C=O) groups is 4. The van der Waals surface area contributed by atoms with E-state index in [0.717, 1.165) is 5.56 Å². The molecule has 2 aromatic rings. The first kappa shape index (κ1) is 25.2. The lowest BCUT2D eigenvalue weighted by molar-refractivity contribution is -0.144.